The van der Waals surface area contributed by atoms with Crippen molar-refractivity contribution in [2.24, 2.45) is 50.7 Å². The quantitative estimate of drug-likeness (QED) is 0.348. The molecule has 4 N–H and O–H groups in total. The molecule has 0 saturated heterocycles. The number of aliphatic hydroxyl groups is 1. The summed E-state index contributed by atoms with van der Waals surface area (Å²) in [5.74, 6) is -3.60. The Morgan fingerprint density at radius 2 is 1.59 bits per heavy atom. The molecule has 37 heavy (non-hydrogen) atoms. The zero-order chi connectivity index (χ0) is 28.0. The Hall–Kier alpha value is -1.89. The highest BCUT2D eigenvalue weighted by atomic mass is 16.4. The Bertz CT molecular complexity index is 1040. The predicted octanol–water partition coefficient (Wildman–Crippen LogP) is 5.61. The molecule has 0 amide bonds. The van der Waals surface area contributed by atoms with Crippen LogP contribution in [0.2, 0.25) is 0 Å². The van der Waals surface area contributed by atoms with Gasteiger partial charge in [0.1, 0.15) is 0 Å². The fourth-order valence-electron chi connectivity index (χ4n) is 10.1. The van der Waals surface area contributed by atoms with Crippen LogP contribution in [-0.4, -0.2) is 43.9 Å². The van der Waals surface area contributed by atoms with E-state index in [9.17, 15) is 34.8 Å². The number of carboxylic acids is 3. The van der Waals surface area contributed by atoms with Gasteiger partial charge in [0, 0.05) is 5.92 Å². The molecule has 4 aliphatic carbocycles. The van der Waals surface area contributed by atoms with E-state index in [0.717, 1.165) is 12.0 Å². The highest BCUT2D eigenvalue weighted by Gasteiger charge is 2.71. The van der Waals surface area contributed by atoms with E-state index >= 15 is 0 Å². The largest absolute Gasteiger partial charge is 0.481 e. The summed E-state index contributed by atoms with van der Waals surface area (Å²) in [6, 6.07) is 0. The van der Waals surface area contributed by atoms with Crippen molar-refractivity contribution in [3.05, 3.63) is 11.6 Å². The van der Waals surface area contributed by atoms with E-state index in [4.69, 9.17) is 0 Å². The first-order chi connectivity index (χ1) is 16.8. The third kappa shape index (κ3) is 3.51. The van der Waals surface area contributed by atoms with Gasteiger partial charge in [-0.2, -0.15) is 0 Å². The normalized spacial score (nSPS) is 47.6. The molecule has 0 bridgehead atoms. The molecular weight excluding hydrogens is 472 g/mol. The molecule has 7 heteroatoms. The Morgan fingerprint density at radius 3 is 2.14 bits per heavy atom. The number of carboxylic acid groups (broad SMARTS) is 3. The van der Waals surface area contributed by atoms with Crippen molar-refractivity contribution < 1.29 is 34.8 Å². The minimum absolute atomic E-state index is 0.0388. The standard InChI is InChI=1S/C30H46O7/c1-17-10-13-30(24(35)36)15-14-27(5)18(22(30)29(17,7)37)8-9-20-26(4,16-21(31)32)19(11-12-28(20,27)6)25(2,3)23(33)34/h8,17,19-20,22,37H,9-16H2,1-7H3,(H,31,32)(H,33,34)(H,35,36)/t17-,19+,20-,22-,26+,27-,28-,29-,30+/m1/s1. The van der Waals surface area contributed by atoms with Crippen LogP contribution < -0.4 is 0 Å². The number of fused-ring (bicyclic) bond motifs is 5. The molecule has 3 fully saturated rings. The third-order valence-corrected chi connectivity index (χ3v) is 12.7. The van der Waals surface area contributed by atoms with Crippen molar-refractivity contribution in [1.29, 1.82) is 0 Å². The minimum atomic E-state index is -1.17. The van der Waals surface area contributed by atoms with Gasteiger partial charge in [-0.1, -0.05) is 39.3 Å². The number of carbonyl (C=O) groups is 3. The maximum atomic E-state index is 12.8. The SMILES string of the molecule is C[C@@H]1CC[C@]2(C(=O)O)CC[C@]3(C)C(=CC[C@@H]4[C@@](C)(CC(=O)O)[C@H](C(C)(C)C(=O)O)CC[C@]43C)[C@@H]2[C@]1(C)O. The number of hydrogen-bond acceptors (Lipinski definition) is 4. The molecule has 4 aliphatic rings. The van der Waals surface area contributed by atoms with Crippen LogP contribution in [0, 0.1) is 50.7 Å². The van der Waals surface area contributed by atoms with E-state index in [1.165, 1.54) is 0 Å². The Morgan fingerprint density at radius 1 is 0.973 bits per heavy atom. The van der Waals surface area contributed by atoms with E-state index in [1.54, 1.807) is 20.8 Å². The third-order valence-electron chi connectivity index (χ3n) is 12.7. The summed E-state index contributed by atoms with van der Waals surface area (Å²) in [6.07, 6.45) is 6.29. The average Bonchev–Trinajstić information content (AvgIpc) is 2.76. The Balaban J connectivity index is 1.90. The van der Waals surface area contributed by atoms with Crippen molar-refractivity contribution in [3.8, 4) is 0 Å². The van der Waals surface area contributed by atoms with Gasteiger partial charge in [-0.3, -0.25) is 14.4 Å². The van der Waals surface area contributed by atoms with Crippen molar-refractivity contribution in [2.45, 2.75) is 105 Å². The molecule has 4 rings (SSSR count). The highest BCUT2D eigenvalue weighted by molar-refractivity contribution is 5.77. The second-order valence-corrected chi connectivity index (χ2v) is 14.5. The lowest BCUT2D eigenvalue weighted by atomic mass is 9.34. The first-order valence-corrected chi connectivity index (χ1v) is 13.9. The summed E-state index contributed by atoms with van der Waals surface area (Å²) in [7, 11) is 0. The van der Waals surface area contributed by atoms with Crippen LogP contribution in [0.15, 0.2) is 11.6 Å². The monoisotopic (exact) mass is 518 g/mol. The van der Waals surface area contributed by atoms with E-state index in [1.807, 2.05) is 13.8 Å². The van der Waals surface area contributed by atoms with Crippen LogP contribution in [0.1, 0.15) is 99.8 Å². The average molecular weight is 519 g/mol. The molecule has 0 radical (unpaired) electrons. The Labute approximate surface area is 220 Å². The zero-order valence-corrected chi connectivity index (χ0v) is 23.6. The number of rotatable bonds is 5. The maximum absolute atomic E-state index is 12.8. The number of aliphatic carboxylic acids is 3. The molecule has 0 aromatic heterocycles. The van der Waals surface area contributed by atoms with Crippen molar-refractivity contribution in [1.82, 2.24) is 0 Å². The minimum Gasteiger partial charge on any atom is -0.481 e. The van der Waals surface area contributed by atoms with Crippen LogP contribution in [0.3, 0.4) is 0 Å². The molecule has 7 nitrogen and oxygen atoms in total. The van der Waals surface area contributed by atoms with Gasteiger partial charge in [0.15, 0.2) is 0 Å². The van der Waals surface area contributed by atoms with Crippen molar-refractivity contribution in [3.63, 3.8) is 0 Å². The zero-order valence-electron chi connectivity index (χ0n) is 23.6. The lowest BCUT2D eigenvalue weighted by Gasteiger charge is -2.70. The number of hydrogen-bond donors (Lipinski definition) is 4. The summed E-state index contributed by atoms with van der Waals surface area (Å²) < 4.78 is 0. The van der Waals surface area contributed by atoms with Crippen LogP contribution in [0.5, 0.6) is 0 Å². The molecule has 0 aliphatic heterocycles. The van der Waals surface area contributed by atoms with Gasteiger partial charge < -0.3 is 20.4 Å². The summed E-state index contributed by atoms with van der Waals surface area (Å²) in [4.78, 5) is 37.4. The van der Waals surface area contributed by atoms with E-state index in [-0.39, 0.29) is 29.6 Å². The maximum Gasteiger partial charge on any atom is 0.310 e. The second kappa shape index (κ2) is 8.30. The van der Waals surface area contributed by atoms with E-state index in [0.29, 0.717) is 38.5 Å². The molecule has 9 atom stereocenters. The fourth-order valence-corrected chi connectivity index (χ4v) is 10.1. The van der Waals surface area contributed by atoms with E-state index < -0.39 is 51.1 Å². The molecule has 0 aromatic carbocycles. The lowest BCUT2D eigenvalue weighted by Crippen LogP contribution is -2.67. The highest BCUT2D eigenvalue weighted by Crippen LogP contribution is 2.75. The number of allylic oxidation sites excluding steroid dienone is 1. The first-order valence-electron chi connectivity index (χ1n) is 13.9. The van der Waals surface area contributed by atoms with Crippen LogP contribution in [0.25, 0.3) is 0 Å². The molecule has 3 saturated carbocycles. The molecule has 0 unspecified atom stereocenters. The van der Waals surface area contributed by atoms with Gasteiger partial charge in [0.2, 0.25) is 0 Å². The van der Waals surface area contributed by atoms with Gasteiger partial charge in [-0.15, -0.1) is 0 Å². The molecule has 208 valence electrons. The van der Waals surface area contributed by atoms with Gasteiger partial charge in [-0.25, -0.2) is 0 Å². The topological polar surface area (TPSA) is 132 Å². The Kier molecular flexibility index (Phi) is 6.31. The van der Waals surface area contributed by atoms with Gasteiger partial charge in [0.25, 0.3) is 0 Å². The smallest absolute Gasteiger partial charge is 0.310 e. The van der Waals surface area contributed by atoms with Gasteiger partial charge in [-0.05, 0) is 99.7 Å². The molecular formula is C30H46O7. The van der Waals surface area contributed by atoms with Crippen molar-refractivity contribution >= 4 is 17.9 Å². The van der Waals surface area contributed by atoms with Crippen molar-refractivity contribution in [2.75, 3.05) is 0 Å². The molecule has 0 aromatic rings. The van der Waals surface area contributed by atoms with E-state index in [2.05, 4.69) is 19.9 Å². The fraction of sp³-hybridized carbons (Fsp3) is 0.833. The van der Waals surface area contributed by atoms with Crippen LogP contribution in [-0.2, 0) is 14.4 Å². The first kappa shape index (κ1) is 28.1. The summed E-state index contributed by atoms with van der Waals surface area (Å²) in [6.45, 7) is 13.7. The van der Waals surface area contributed by atoms with Crippen LogP contribution >= 0.6 is 0 Å². The summed E-state index contributed by atoms with van der Waals surface area (Å²) >= 11 is 0. The molecule has 0 heterocycles. The lowest BCUT2D eigenvalue weighted by molar-refractivity contribution is -0.206. The van der Waals surface area contributed by atoms with Gasteiger partial charge >= 0.3 is 17.9 Å². The predicted molar refractivity (Wildman–Crippen MR) is 139 cm³/mol. The van der Waals surface area contributed by atoms with Gasteiger partial charge in [0.05, 0.1) is 22.9 Å². The summed E-state index contributed by atoms with van der Waals surface area (Å²) in [5, 5.41) is 42.5. The molecule has 0 spiro atoms. The summed E-state index contributed by atoms with van der Waals surface area (Å²) in [5.41, 5.74) is -3.74. The van der Waals surface area contributed by atoms with Crippen LogP contribution in [0.4, 0.5) is 0 Å². The second-order valence-electron chi connectivity index (χ2n) is 14.5.